The van der Waals surface area contributed by atoms with Gasteiger partial charge in [-0.3, -0.25) is 0 Å². The summed E-state index contributed by atoms with van der Waals surface area (Å²) in [5, 5.41) is 1.26. The predicted octanol–water partition coefficient (Wildman–Crippen LogP) is 4.58. The molecule has 2 aromatic heterocycles. The molecule has 0 aliphatic heterocycles. The molecular weight excluding hydrogens is 292 g/mol. The summed E-state index contributed by atoms with van der Waals surface area (Å²) in [6.07, 6.45) is 0. The third-order valence-corrected chi connectivity index (χ3v) is 4.69. The summed E-state index contributed by atoms with van der Waals surface area (Å²) in [5.74, 6) is 0. The molecule has 0 bridgehead atoms. The van der Waals surface area contributed by atoms with Crippen LogP contribution in [0.2, 0.25) is 0 Å². The van der Waals surface area contributed by atoms with Gasteiger partial charge in [-0.1, -0.05) is 60.7 Å². The maximum absolute atomic E-state index is 2.40. The van der Waals surface area contributed by atoms with Crippen molar-refractivity contribution < 1.29 is 4.57 Å². The highest BCUT2D eigenvalue weighted by molar-refractivity contribution is 5.88. The van der Waals surface area contributed by atoms with Crippen LogP contribution in [-0.4, -0.2) is 4.40 Å². The van der Waals surface area contributed by atoms with E-state index in [0.29, 0.717) is 0 Å². The highest BCUT2D eigenvalue weighted by atomic mass is 15.1. The average molecular weight is 309 g/mol. The van der Waals surface area contributed by atoms with E-state index in [1.165, 1.54) is 33.1 Å². The third-order valence-electron chi connectivity index (χ3n) is 4.69. The number of rotatable bonds is 2. The number of benzene rings is 3. The van der Waals surface area contributed by atoms with Crippen LogP contribution in [0.3, 0.4) is 0 Å². The minimum atomic E-state index is 0.871. The van der Waals surface area contributed by atoms with Gasteiger partial charge in [0.2, 0.25) is 0 Å². The highest BCUT2D eigenvalue weighted by Crippen LogP contribution is 2.22. The number of fused-ring (bicyclic) bond motifs is 5. The molecule has 0 saturated heterocycles. The fourth-order valence-electron chi connectivity index (χ4n) is 3.60. The van der Waals surface area contributed by atoms with Crippen molar-refractivity contribution in [3.63, 3.8) is 0 Å². The molecule has 0 saturated carbocycles. The van der Waals surface area contributed by atoms with Crippen LogP contribution < -0.4 is 4.57 Å². The monoisotopic (exact) mass is 309 g/mol. The molecule has 0 unspecified atom stereocenters. The molecule has 2 heteroatoms. The second kappa shape index (κ2) is 5.20. The van der Waals surface area contributed by atoms with Gasteiger partial charge in [0.05, 0.1) is 0 Å². The van der Waals surface area contributed by atoms with E-state index in [1.54, 1.807) is 0 Å². The fourth-order valence-corrected chi connectivity index (χ4v) is 3.60. The number of para-hydroxylation sites is 3. The van der Waals surface area contributed by atoms with E-state index in [0.717, 1.165) is 6.54 Å². The Balaban J connectivity index is 1.90. The van der Waals surface area contributed by atoms with Crippen LogP contribution >= 0.6 is 0 Å². The number of aromatic nitrogens is 2. The minimum absolute atomic E-state index is 0.871. The minimum Gasteiger partial charge on any atom is -0.219 e. The topological polar surface area (TPSA) is 8.29 Å². The van der Waals surface area contributed by atoms with Crippen molar-refractivity contribution in [2.75, 3.05) is 0 Å². The molecule has 0 aliphatic rings. The fraction of sp³-hybridized carbons (Fsp3) is 0.0455. The standard InChI is InChI=1S/C22H17N2/c1-2-8-17(9-3-1)16-23-20-12-6-7-13-21(20)24-19-11-5-4-10-18(19)14-15-22(23)24/h1-15H,16H2/q+1. The summed E-state index contributed by atoms with van der Waals surface area (Å²) in [7, 11) is 0. The van der Waals surface area contributed by atoms with Gasteiger partial charge in [0.15, 0.2) is 11.0 Å². The van der Waals surface area contributed by atoms with Crippen molar-refractivity contribution in [2.45, 2.75) is 6.54 Å². The lowest BCUT2D eigenvalue weighted by Crippen LogP contribution is -2.34. The molecule has 5 aromatic rings. The smallest absolute Gasteiger partial charge is 0.219 e. The number of hydrogen-bond acceptors (Lipinski definition) is 0. The first-order valence-corrected chi connectivity index (χ1v) is 8.26. The Labute approximate surface area is 140 Å². The highest BCUT2D eigenvalue weighted by Gasteiger charge is 2.20. The van der Waals surface area contributed by atoms with E-state index >= 15 is 0 Å². The Bertz CT molecular complexity index is 1170. The molecular formula is C22H17N2+. The van der Waals surface area contributed by atoms with Gasteiger partial charge in [-0.25, -0.2) is 4.57 Å². The molecule has 24 heavy (non-hydrogen) atoms. The maximum atomic E-state index is 2.40. The van der Waals surface area contributed by atoms with E-state index in [-0.39, 0.29) is 0 Å². The zero-order chi connectivity index (χ0) is 15.9. The van der Waals surface area contributed by atoms with Crippen molar-refractivity contribution in [1.82, 2.24) is 4.40 Å². The molecule has 2 nitrogen and oxygen atoms in total. The van der Waals surface area contributed by atoms with Crippen LogP contribution in [-0.2, 0) is 6.54 Å². The Hall–Kier alpha value is -3.13. The largest absolute Gasteiger partial charge is 0.287 e. The lowest BCUT2D eigenvalue weighted by atomic mass is 10.2. The van der Waals surface area contributed by atoms with Gasteiger partial charge in [-0.15, -0.1) is 0 Å². The number of pyridine rings is 1. The molecule has 5 rings (SSSR count). The van der Waals surface area contributed by atoms with Crippen molar-refractivity contribution in [1.29, 1.82) is 0 Å². The number of imidazole rings is 1. The van der Waals surface area contributed by atoms with E-state index in [2.05, 4.69) is 100.0 Å². The van der Waals surface area contributed by atoms with Crippen LogP contribution in [0.25, 0.3) is 27.6 Å². The molecule has 2 heterocycles. The number of hydrogen-bond donors (Lipinski definition) is 0. The molecule has 0 fully saturated rings. The SMILES string of the molecule is c1ccc(C[n+]2c3ccccc3n3c4ccccc4ccc32)cc1. The van der Waals surface area contributed by atoms with Crippen molar-refractivity contribution in [2.24, 2.45) is 0 Å². The Kier molecular flexibility index (Phi) is 2.89. The summed E-state index contributed by atoms with van der Waals surface area (Å²) in [5.41, 5.74) is 6.30. The van der Waals surface area contributed by atoms with Crippen molar-refractivity contribution >= 4 is 27.6 Å². The maximum Gasteiger partial charge on any atom is 0.287 e. The quantitative estimate of drug-likeness (QED) is 0.422. The molecule has 0 atom stereocenters. The Morgan fingerprint density at radius 3 is 2.21 bits per heavy atom. The van der Waals surface area contributed by atoms with Crippen LogP contribution in [0.4, 0.5) is 0 Å². The van der Waals surface area contributed by atoms with E-state index in [4.69, 9.17) is 0 Å². The molecule has 3 aromatic carbocycles. The summed E-state index contributed by atoms with van der Waals surface area (Å²) in [6, 6.07) is 32.3. The van der Waals surface area contributed by atoms with Crippen molar-refractivity contribution in [3.8, 4) is 0 Å². The number of nitrogens with zero attached hydrogens (tertiary/aromatic N) is 2. The lowest BCUT2D eigenvalue weighted by Gasteiger charge is -2.01. The second-order valence-electron chi connectivity index (χ2n) is 6.15. The van der Waals surface area contributed by atoms with E-state index in [9.17, 15) is 0 Å². The molecule has 114 valence electrons. The first-order chi connectivity index (χ1) is 11.9. The molecule has 0 radical (unpaired) electrons. The van der Waals surface area contributed by atoms with Gasteiger partial charge in [-0.2, -0.15) is 4.40 Å². The summed E-state index contributed by atoms with van der Waals surface area (Å²) in [4.78, 5) is 0. The average Bonchev–Trinajstić information content (AvgIpc) is 2.97. The molecule has 0 aliphatic carbocycles. The zero-order valence-electron chi connectivity index (χ0n) is 13.3. The Morgan fingerprint density at radius 1 is 0.625 bits per heavy atom. The van der Waals surface area contributed by atoms with Gasteiger partial charge in [0, 0.05) is 11.5 Å². The summed E-state index contributed by atoms with van der Waals surface area (Å²) < 4.78 is 4.77. The lowest BCUT2D eigenvalue weighted by molar-refractivity contribution is -0.636. The predicted molar refractivity (Wildman–Crippen MR) is 98.1 cm³/mol. The van der Waals surface area contributed by atoms with Gasteiger partial charge in [0.1, 0.15) is 12.1 Å². The first-order valence-electron chi connectivity index (χ1n) is 8.26. The Morgan fingerprint density at radius 2 is 1.33 bits per heavy atom. The summed E-state index contributed by atoms with van der Waals surface area (Å²) >= 11 is 0. The second-order valence-corrected chi connectivity index (χ2v) is 6.15. The van der Waals surface area contributed by atoms with Gasteiger partial charge in [0.25, 0.3) is 5.65 Å². The molecule has 0 spiro atoms. The van der Waals surface area contributed by atoms with Gasteiger partial charge in [-0.05, 0) is 29.8 Å². The molecule has 0 N–H and O–H groups in total. The third kappa shape index (κ3) is 1.93. The van der Waals surface area contributed by atoms with Crippen LogP contribution in [0.1, 0.15) is 5.56 Å². The van der Waals surface area contributed by atoms with Crippen LogP contribution in [0, 0.1) is 0 Å². The normalized spacial score (nSPS) is 11.5. The van der Waals surface area contributed by atoms with Crippen LogP contribution in [0.5, 0.6) is 0 Å². The van der Waals surface area contributed by atoms with Crippen LogP contribution in [0.15, 0.2) is 91.0 Å². The molecule has 0 amide bonds. The van der Waals surface area contributed by atoms with Gasteiger partial charge >= 0.3 is 0 Å². The van der Waals surface area contributed by atoms with Gasteiger partial charge < -0.3 is 0 Å². The van der Waals surface area contributed by atoms with E-state index in [1.807, 2.05) is 0 Å². The zero-order valence-corrected chi connectivity index (χ0v) is 13.3. The first kappa shape index (κ1) is 13.3. The van der Waals surface area contributed by atoms with Crippen molar-refractivity contribution in [3.05, 3.63) is 96.6 Å². The van der Waals surface area contributed by atoms with E-state index < -0.39 is 0 Å². The summed E-state index contributed by atoms with van der Waals surface area (Å²) in [6.45, 7) is 0.871.